The van der Waals surface area contributed by atoms with Gasteiger partial charge in [0, 0.05) is 26.2 Å². The quantitative estimate of drug-likeness (QED) is 0.823. The molecule has 1 aliphatic rings. The van der Waals surface area contributed by atoms with E-state index in [1.165, 1.54) is 10.4 Å². The van der Waals surface area contributed by atoms with Gasteiger partial charge in [-0.25, -0.2) is 17.2 Å². The van der Waals surface area contributed by atoms with Gasteiger partial charge in [0.2, 0.25) is 15.9 Å². The molecule has 2 aromatic rings. The fourth-order valence-corrected chi connectivity index (χ4v) is 4.53. The van der Waals surface area contributed by atoms with Crippen LogP contribution in [0.2, 0.25) is 0 Å². The first-order valence-corrected chi connectivity index (χ1v) is 10.3. The zero-order chi connectivity index (χ0) is 20.3. The van der Waals surface area contributed by atoms with Crippen molar-refractivity contribution in [2.45, 2.75) is 17.9 Å². The number of rotatable bonds is 5. The maximum atomic E-state index is 13.7. The molecule has 0 aromatic heterocycles. The van der Waals surface area contributed by atoms with Gasteiger partial charge >= 0.3 is 0 Å². The second-order valence-electron chi connectivity index (χ2n) is 6.51. The number of sulfonamides is 1. The highest BCUT2D eigenvalue weighted by Gasteiger charge is 2.32. The number of carbonyl (C=O) groups is 1. The molecule has 0 saturated carbocycles. The first-order chi connectivity index (χ1) is 13.3. The lowest BCUT2D eigenvalue weighted by Crippen LogP contribution is -2.54. The number of benzene rings is 2. The molecule has 6 nitrogen and oxygen atoms in total. The van der Waals surface area contributed by atoms with Gasteiger partial charge in [-0.3, -0.25) is 9.69 Å². The number of hydrogen-bond donors (Lipinski definition) is 1. The molecule has 28 heavy (non-hydrogen) atoms. The molecule has 0 aliphatic carbocycles. The van der Waals surface area contributed by atoms with Crippen molar-refractivity contribution in [3.63, 3.8) is 0 Å². The number of hydrogen-bond acceptors (Lipinski definition) is 4. The number of carbonyl (C=O) groups excluding carboxylic acids is 1. The van der Waals surface area contributed by atoms with Gasteiger partial charge in [0.25, 0.3) is 0 Å². The van der Waals surface area contributed by atoms with Gasteiger partial charge in [0.15, 0.2) is 0 Å². The lowest BCUT2D eigenvalue weighted by atomic mass is 10.2. The van der Waals surface area contributed by atoms with Gasteiger partial charge in [0.05, 0.1) is 10.9 Å². The third-order valence-corrected chi connectivity index (χ3v) is 6.71. The fraction of sp³-hybridized carbons (Fsp3) is 0.316. The van der Waals surface area contributed by atoms with Crippen LogP contribution < -0.4 is 5.32 Å². The Labute approximate surface area is 162 Å². The minimum absolute atomic E-state index is 0.225. The van der Waals surface area contributed by atoms with Crippen molar-refractivity contribution in [2.24, 2.45) is 0 Å². The average molecular weight is 409 g/mol. The normalized spacial score (nSPS) is 17.2. The smallest absolute Gasteiger partial charge is 0.243 e. The van der Waals surface area contributed by atoms with Crippen LogP contribution in [0.15, 0.2) is 53.4 Å². The summed E-state index contributed by atoms with van der Waals surface area (Å²) in [5, 5.41) is 2.28. The molecule has 150 valence electrons. The second-order valence-corrected chi connectivity index (χ2v) is 8.45. The molecule has 0 bridgehead atoms. The monoisotopic (exact) mass is 409 g/mol. The molecule has 2 aromatic carbocycles. The molecule has 0 spiro atoms. The van der Waals surface area contributed by atoms with Crippen LogP contribution in [0.1, 0.15) is 6.92 Å². The van der Waals surface area contributed by atoms with Crippen molar-refractivity contribution in [3.8, 4) is 0 Å². The van der Waals surface area contributed by atoms with E-state index in [4.69, 9.17) is 0 Å². The summed E-state index contributed by atoms with van der Waals surface area (Å²) in [6, 6.07) is 10.8. The van der Waals surface area contributed by atoms with E-state index in [0.717, 1.165) is 12.1 Å². The summed E-state index contributed by atoms with van der Waals surface area (Å²) in [4.78, 5) is 14.4. The molecule has 0 unspecified atom stereocenters. The highest BCUT2D eigenvalue weighted by molar-refractivity contribution is 7.89. The summed E-state index contributed by atoms with van der Waals surface area (Å²) >= 11 is 0. The summed E-state index contributed by atoms with van der Waals surface area (Å²) in [6.45, 7) is 2.74. The third kappa shape index (κ3) is 4.21. The summed E-state index contributed by atoms with van der Waals surface area (Å²) < 4.78 is 54.1. The van der Waals surface area contributed by atoms with Crippen LogP contribution in [0.5, 0.6) is 0 Å². The Kier molecular flexibility index (Phi) is 6.07. The van der Waals surface area contributed by atoms with Gasteiger partial charge in [0.1, 0.15) is 17.3 Å². The molecule has 9 heteroatoms. The van der Waals surface area contributed by atoms with Crippen molar-refractivity contribution in [1.29, 1.82) is 0 Å². The summed E-state index contributed by atoms with van der Waals surface area (Å²) in [5.74, 6) is -2.25. The molecule has 1 atom stereocenters. The largest absolute Gasteiger partial charge is 0.320 e. The van der Waals surface area contributed by atoms with E-state index in [1.54, 1.807) is 42.2 Å². The molecule has 0 radical (unpaired) electrons. The minimum Gasteiger partial charge on any atom is -0.320 e. The first kappa shape index (κ1) is 20.4. The summed E-state index contributed by atoms with van der Waals surface area (Å²) in [6.07, 6.45) is 0. The van der Waals surface area contributed by atoms with Crippen LogP contribution in [0, 0.1) is 11.6 Å². The number of nitrogens with zero attached hydrogens (tertiary/aromatic N) is 2. The number of anilines is 1. The van der Waals surface area contributed by atoms with Gasteiger partial charge < -0.3 is 5.32 Å². The zero-order valence-corrected chi connectivity index (χ0v) is 16.1. The summed E-state index contributed by atoms with van der Waals surface area (Å²) in [5.41, 5.74) is -0.482. The van der Waals surface area contributed by atoms with Gasteiger partial charge in [-0.2, -0.15) is 4.31 Å². The molecular weight excluding hydrogens is 388 g/mol. The molecule has 1 aliphatic heterocycles. The Hall–Kier alpha value is -2.36. The molecule has 1 amide bonds. The van der Waals surface area contributed by atoms with Crippen LogP contribution in [-0.2, 0) is 14.8 Å². The van der Waals surface area contributed by atoms with Gasteiger partial charge in [-0.1, -0.05) is 24.3 Å². The minimum atomic E-state index is -3.58. The second kappa shape index (κ2) is 8.34. The summed E-state index contributed by atoms with van der Waals surface area (Å²) in [7, 11) is -3.58. The lowest BCUT2D eigenvalue weighted by molar-refractivity contribution is -0.121. The van der Waals surface area contributed by atoms with Crippen LogP contribution in [-0.4, -0.2) is 55.8 Å². The Morgan fingerprint density at radius 1 is 0.964 bits per heavy atom. The van der Waals surface area contributed by atoms with Crippen molar-refractivity contribution in [1.82, 2.24) is 9.21 Å². The molecule has 1 fully saturated rings. The Morgan fingerprint density at radius 3 is 2.11 bits per heavy atom. The number of piperazine rings is 1. The van der Waals surface area contributed by atoms with Crippen molar-refractivity contribution in [2.75, 3.05) is 31.5 Å². The van der Waals surface area contributed by atoms with E-state index < -0.39 is 39.3 Å². The van der Waals surface area contributed by atoms with Crippen molar-refractivity contribution in [3.05, 3.63) is 60.2 Å². The highest BCUT2D eigenvalue weighted by Crippen LogP contribution is 2.20. The Balaban J connectivity index is 1.62. The SMILES string of the molecule is C[C@H](C(=O)Nc1c(F)cccc1F)N1CCN(S(=O)(=O)c2ccccc2)CC1. The molecular formula is C19H21F2N3O3S. The molecule has 3 rings (SSSR count). The number of para-hydroxylation sites is 1. The van der Waals surface area contributed by atoms with E-state index in [1.807, 2.05) is 0 Å². The molecule has 1 N–H and O–H groups in total. The highest BCUT2D eigenvalue weighted by atomic mass is 32.2. The van der Waals surface area contributed by atoms with E-state index in [2.05, 4.69) is 5.32 Å². The van der Waals surface area contributed by atoms with Crippen LogP contribution in [0.25, 0.3) is 0 Å². The third-order valence-electron chi connectivity index (χ3n) is 4.79. The van der Waals surface area contributed by atoms with Crippen LogP contribution >= 0.6 is 0 Å². The maximum absolute atomic E-state index is 13.7. The van der Waals surface area contributed by atoms with Crippen LogP contribution in [0.3, 0.4) is 0 Å². The Morgan fingerprint density at radius 2 is 1.54 bits per heavy atom. The van der Waals surface area contributed by atoms with E-state index in [-0.39, 0.29) is 18.0 Å². The van der Waals surface area contributed by atoms with E-state index in [0.29, 0.717) is 13.1 Å². The van der Waals surface area contributed by atoms with E-state index in [9.17, 15) is 22.0 Å². The zero-order valence-electron chi connectivity index (χ0n) is 15.3. The predicted octanol–water partition coefficient (Wildman–Crippen LogP) is 2.30. The fourth-order valence-electron chi connectivity index (χ4n) is 3.08. The lowest BCUT2D eigenvalue weighted by Gasteiger charge is -2.36. The number of halogens is 2. The van der Waals surface area contributed by atoms with E-state index >= 15 is 0 Å². The standard InChI is InChI=1S/C19H21F2N3O3S/c1-14(19(25)22-18-16(20)8-5-9-17(18)21)23-10-12-24(13-11-23)28(26,27)15-6-3-2-4-7-15/h2-9,14H,10-13H2,1H3,(H,22,25)/t14-/m1/s1. The van der Waals surface area contributed by atoms with Crippen molar-refractivity contribution < 1.29 is 22.0 Å². The first-order valence-electron chi connectivity index (χ1n) is 8.85. The number of amides is 1. The predicted molar refractivity (Wildman–Crippen MR) is 101 cm³/mol. The van der Waals surface area contributed by atoms with Crippen molar-refractivity contribution >= 4 is 21.6 Å². The molecule has 1 saturated heterocycles. The topological polar surface area (TPSA) is 69.7 Å². The van der Waals surface area contributed by atoms with Gasteiger partial charge in [-0.05, 0) is 31.2 Å². The average Bonchev–Trinajstić information content (AvgIpc) is 2.71. The van der Waals surface area contributed by atoms with Crippen LogP contribution in [0.4, 0.5) is 14.5 Å². The maximum Gasteiger partial charge on any atom is 0.243 e. The van der Waals surface area contributed by atoms with Gasteiger partial charge in [-0.15, -0.1) is 0 Å². The molecule has 1 heterocycles. The number of nitrogens with one attached hydrogen (secondary N) is 1. The Bertz CT molecular complexity index is 926.